The zero-order valence-electron chi connectivity index (χ0n) is 35.5. The Morgan fingerprint density at radius 3 is 1.51 bits per heavy atom. The predicted molar refractivity (Wildman–Crippen MR) is 215 cm³/mol. The van der Waals surface area contributed by atoms with Crippen LogP contribution in [0.3, 0.4) is 0 Å². The van der Waals surface area contributed by atoms with Gasteiger partial charge in [0.15, 0.2) is 0 Å². The Labute approximate surface area is 340 Å². The molecule has 0 bridgehead atoms. The number of unbranched alkanes of at least 4 members (excludes halogenated alkanes) is 8. The van der Waals surface area contributed by atoms with Gasteiger partial charge in [-0.2, -0.15) is 0 Å². The second kappa shape index (κ2) is 30.6. The summed E-state index contributed by atoms with van der Waals surface area (Å²) < 4.78 is 32.3. The van der Waals surface area contributed by atoms with Crippen LogP contribution in [0.1, 0.15) is 118 Å². The second-order valence-electron chi connectivity index (χ2n) is 15.0. The maximum absolute atomic E-state index is 13.0. The van der Waals surface area contributed by atoms with Gasteiger partial charge >= 0.3 is 30.5 Å². The van der Waals surface area contributed by atoms with Crippen LogP contribution in [-0.2, 0) is 28.4 Å². The van der Waals surface area contributed by atoms with E-state index in [2.05, 4.69) is 53.4 Å². The number of ether oxygens (including phenoxy) is 6. The number of nitrogens with one attached hydrogen (secondary N) is 3. The molecule has 0 spiro atoms. The Hall–Kier alpha value is -3.41. The number of carbonyl (C=O) groups is 5. The molecule has 0 aliphatic carbocycles. The van der Waals surface area contributed by atoms with Crippen LogP contribution >= 0.6 is 0 Å². The van der Waals surface area contributed by atoms with E-state index >= 15 is 0 Å². The van der Waals surface area contributed by atoms with E-state index in [-0.39, 0.29) is 25.4 Å². The summed E-state index contributed by atoms with van der Waals surface area (Å²) in [6.45, 7) is 17.0. The van der Waals surface area contributed by atoms with Crippen LogP contribution in [0.4, 0.5) is 24.0 Å². The lowest BCUT2D eigenvalue weighted by atomic mass is 10.2. The summed E-state index contributed by atoms with van der Waals surface area (Å²) in [5.74, 6) is 0. The number of rotatable bonds is 32. The highest BCUT2D eigenvalue weighted by Crippen LogP contribution is 2.18. The molecule has 330 valence electrons. The zero-order valence-corrected chi connectivity index (χ0v) is 35.5. The van der Waals surface area contributed by atoms with Crippen LogP contribution in [-0.4, -0.2) is 155 Å². The van der Waals surface area contributed by atoms with E-state index < -0.39 is 30.5 Å². The number of amides is 5. The molecule has 0 saturated carbocycles. The molecule has 2 heterocycles. The van der Waals surface area contributed by atoms with Crippen molar-refractivity contribution in [2.75, 3.05) is 85.4 Å². The number of alkyl carbamates (subject to hydrolysis) is 2. The van der Waals surface area contributed by atoms with Gasteiger partial charge in [-0.1, -0.05) is 59.3 Å². The predicted octanol–water partition coefficient (Wildman–Crippen LogP) is 6.03. The fourth-order valence-electron chi connectivity index (χ4n) is 5.81. The van der Waals surface area contributed by atoms with Gasteiger partial charge in [0.05, 0.1) is 19.8 Å². The minimum Gasteiger partial charge on any atom is -0.442 e. The first kappa shape index (κ1) is 49.7. The molecule has 0 radical (unpaired) electrons. The largest absolute Gasteiger partial charge is 0.517 e. The zero-order chi connectivity index (χ0) is 41.7. The molecule has 0 aromatic rings. The van der Waals surface area contributed by atoms with Gasteiger partial charge in [-0.15, -0.1) is 0 Å². The molecule has 3 N–H and O–H groups in total. The van der Waals surface area contributed by atoms with Crippen LogP contribution < -0.4 is 16.0 Å². The quantitative estimate of drug-likeness (QED) is 0.0235. The van der Waals surface area contributed by atoms with Crippen molar-refractivity contribution in [1.82, 2.24) is 30.7 Å². The fourth-order valence-corrected chi connectivity index (χ4v) is 5.81. The number of nitrogens with zero attached hydrogens (tertiary/aromatic N) is 3. The monoisotopic (exact) mass is 815 g/mol. The van der Waals surface area contributed by atoms with Crippen LogP contribution in [0.5, 0.6) is 0 Å². The second-order valence-corrected chi connectivity index (χ2v) is 15.0. The fraction of sp³-hybridized carbons (Fsp3) is 0.875. The molecule has 2 aliphatic heterocycles. The minimum absolute atomic E-state index is 0.0420. The van der Waals surface area contributed by atoms with E-state index in [1.54, 1.807) is 0 Å². The third kappa shape index (κ3) is 24.9. The summed E-state index contributed by atoms with van der Waals surface area (Å²) in [5.41, 5.74) is 0. The van der Waals surface area contributed by atoms with Crippen molar-refractivity contribution in [3.63, 3.8) is 0 Å². The SMILES string of the molecule is CCCCOCC(CN1CC1C)OC(=O)NCCCCCCNC(=O)N(CCCCCCNC(=O)OC(COCCCC)CN1CC1C)C(=O)OC(=O)OCCC. The van der Waals surface area contributed by atoms with Crippen LogP contribution in [0.25, 0.3) is 0 Å². The summed E-state index contributed by atoms with van der Waals surface area (Å²) in [7, 11) is 0. The van der Waals surface area contributed by atoms with Gasteiger partial charge in [0.25, 0.3) is 0 Å². The average molecular weight is 815 g/mol. The highest BCUT2D eigenvalue weighted by Gasteiger charge is 2.33. The number of imide groups is 1. The van der Waals surface area contributed by atoms with Crippen molar-refractivity contribution >= 4 is 30.5 Å². The highest BCUT2D eigenvalue weighted by atomic mass is 16.7. The molecule has 2 fully saturated rings. The number of hydrogen-bond acceptors (Lipinski definition) is 13. The Morgan fingerprint density at radius 1 is 0.614 bits per heavy atom. The van der Waals surface area contributed by atoms with Crippen LogP contribution in [0.2, 0.25) is 0 Å². The van der Waals surface area contributed by atoms with E-state index in [0.717, 1.165) is 69.4 Å². The highest BCUT2D eigenvalue weighted by molar-refractivity contribution is 5.94. The third-order valence-electron chi connectivity index (χ3n) is 9.58. The summed E-state index contributed by atoms with van der Waals surface area (Å²) in [4.78, 5) is 67.9. The lowest BCUT2D eigenvalue weighted by molar-refractivity contribution is 0.0124. The molecule has 2 saturated heterocycles. The smallest absolute Gasteiger partial charge is 0.442 e. The minimum atomic E-state index is -1.15. The number of hydrogen-bond donors (Lipinski definition) is 3. The molecule has 6 unspecified atom stereocenters. The normalized spacial score (nSPS) is 19.1. The summed E-state index contributed by atoms with van der Waals surface area (Å²) in [6, 6.07) is 0.346. The third-order valence-corrected chi connectivity index (χ3v) is 9.58. The molecule has 5 amide bonds. The van der Waals surface area contributed by atoms with Gasteiger partial charge in [-0.3, -0.25) is 9.80 Å². The molecule has 57 heavy (non-hydrogen) atoms. The molecule has 2 aliphatic rings. The molecule has 17 heteroatoms. The van der Waals surface area contributed by atoms with E-state index in [1.165, 1.54) is 0 Å². The number of carbonyl (C=O) groups excluding carboxylic acids is 5. The van der Waals surface area contributed by atoms with Gasteiger partial charge in [0.1, 0.15) is 12.2 Å². The van der Waals surface area contributed by atoms with Crippen molar-refractivity contribution in [3.05, 3.63) is 0 Å². The average Bonchev–Trinajstić information content (AvgIpc) is 4.08. The van der Waals surface area contributed by atoms with Gasteiger partial charge in [0.2, 0.25) is 0 Å². The lowest BCUT2D eigenvalue weighted by Crippen LogP contribution is -2.45. The molecular formula is C40H74N6O11. The van der Waals surface area contributed by atoms with Gasteiger partial charge in [-0.05, 0) is 58.8 Å². The lowest BCUT2D eigenvalue weighted by Gasteiger charge is -2.20. The molecule has 0 aromatic carbocycles. The standard InChI is InChI=1S/C40H74N6O11/c1-6-9-24-52-30-34(28-44-26-32(44)4)55-37(48)42-20-16-12-11-15-19-41-36(47)46(39(50)57-40(51)54-23-8-3)22-18-14-13-17-21-43-38(49)56-35(29-45-27-33(45)5)31-53-25-10-7-2/h32-35H,6-31H2,1-5H3,(H,41,47)(H,42,48)(H,43,49). The molecule has 0 aromatic heterocycles. The van der Waals surface area contributed by atoms with Gasteiger partial charge < -0.3 is 44.4 Å². The first-order valence-electron chi connectivity index (χ1n) is 21.5. The Kier molecular flexibility index (Phi) is 26.7. The molecular weight excluding hydrogens is 740 g/mol. The van der Waals surface area contributed by atoms with Crippen molar-refractivity contribution in [3.8, 4) is 0 Å². The van der Waals surface area contributed by atoms with Gasteiger partial charge in [-0.25, -0.2) is 28.9 Å². The van der Waals surface area contributed by atoms with Crippen LogP contribution in [0, 0.1) is 0 Å². The van der Waals surface area contributed by atoms with Gasteiger partial charge in [0, 0.05) is 77.7 Å². The summed E-state index contributed by atoms with van der Waals surface area (Å²) in [6.07, 6.45) is 6.31. The Balaban J connectivity index is 1.65. The van der Waals surface area contributed by atoms with Crippen molar-refractivity contribution < 1.29 is 52.4 Å². The Bertz CT molecular complexity index is 1150. The van der Waals surface area contributed by atoms with E-state index in [0.29, 0.717) is 103 Å². The topological polar surface area (TPSA) is 186 Å². The van der Waals surface area contributed by atoms with E-state index in [9.17, 15) is 24.0 Å². The summed E-state index contributed by atoms with van der Waals surface area (Å²) in [5, 5.41) is 8.36. The van der Waals surface area contributed by atoms with Crippen molar-refractivity contribution in [2.45, 2.75) is 142 Å². The van der Waals surface area contributed by atoms with E-state index in [1.807, 2.05) is 6.92 Å². The summed E-state index contributed by atoms with van der Waals surface area (Å²) >= 11 is 0. The van der Waals surface area contributed by atoms with Crippen molar-refractivity contribution in [1.29, 1.82) is 0 Å². The molecule has 6 atom stereocenters. The maximum Gasteiger partial charge on any atom is 0.517 e. The maximum atomic E-state index is 13.0. The Morgan fingerprint density at radius 2 is 1.07 bits per heavy atom. The van der Waals surface area contributed by atoms with Crippen LogP contribution in [0.15, 0.2) is 0 Å². The molecule has 17 nitrogen and oxygen atoms in total. The number of urea groups is 1. The first-order chi connectivity index (χ1) is 27.6. The molecule has 2 rings (SSSR count). The van der Waals surface area contributed by atoms with Crippen molar-refractivity contribution in [2.24, 2.45) is 0 Å². The first-order valence-corrected chi connectivity index (χ1v) is 21.5. The van der Waals surface area contributed by atoms with E-state index in [4.69, 9.17) is 28.4 Å².